The number of H-pyrrole nitrogens is 1. The first-order valence-electron chi connectivity index (χ1n) is 6.50. The summed E-state index contributed by atoms with van der Waals surface area (Å²) in [6, 6.07) is 7.29. The van der Waals surface area contributed by atoms with E-state index in [1.807, 2.05) is 25.1 Å². The van der Waals surface area contributed by atoms with Gasteiger partial charge in [0, 0.05) is 12.7 Å². The van der Waals surface area contributed by atoms with Gasteiger partial charge in [0.1, 0.15) is 6.33 Å². The maximum Gasteiger partial charge on any atom is 0.252 e. The van der Waals surface area contributed by atoms with Gasteiger partial charge in [-0.25, -0.2) is 4.98 Å². The van der Waals surface area contributed by atoms with Gasteiger partial charge in [-0.05, 0) is 12.5 Å². The summed E-state index contributed by atoms with van der Waals surface area (Å²) in [5.41, 5.74) is 1.30. The maximum absolute atomic E-state index is 12.4. The number of hydrogen-bond donors (Lipinski definition) is 2. The van der Waals surface area contributed by atoms with Crippen molar-refractivity contribution in [3.63, 3.8) is 0 Å². The Morgan fingerprint density at radius 2 is 2.25 bits per heavy atom. The maximum atomic E-state index is 12.4. The molecule has 0 bridgehead atoms. The molecule has 1 amide bonds. The number of nitrogens with one attached hydrogen (secondary N) is 2. The lowest BCUT2D eigenvalue weighted by molar-refractivity contribution is 0.0895. The number of amides is 1. The van der Waals surface area contributed by atoms with Crippen LogP contribution in [0.25, 0.3) is 11.4 Å². The monoisotopic (exact) mass is 274 g/mol. The van der Waals surface area contributed by atoms with Gasteiger partial charge in [-0.1, -0.05) is 25.1 Å². The van der Waals surface area contributed by atoms with E-state index in [4.69, 9.17) is 4.74 Å². The molecule has 106 valence electrons. The van der Waals surface area contributed by atoms with E-state index in [0.29, 0.717) is 18.0 Å². The number of carbonyl (C=O) groups is 1. The average molecular weight is 274 g/mol. The van der Waals surface area contributed by atoms with Crippen molar-refractivity contribution in [2.45, 2.75) is 19.4 Å². The van der Waals surface area contributed by atoms with Crippen molar-refractivity contribution < 1.29 is 9.53 Å². The number of benzene rings is 1. The van der Waals surface area contributed by atoms with Gasteiger partial charge >= 0.3 is 0 Å². The molecule has 2 aromatic rings. The first kappa shape index (κ1) is 14.2. The van der Waals surface area contributed by atoms with Gasteiger partial charge < -0.3 is 10.1 Å². The minimum Gasteiger partial charge on any atom is -0.383 e. The lowest BCUT2D eigenvalue weighted by Crippen LogP contribution is -2.37. The molecule has 0 aliphatic rings. The molecular formula is C14H18N4O2. The largest absolute Gasteiger partial charge is 0.383 e. The predicted octanol–water partition coefficient (Wildman–Crippen LogP) is 1.63. The summed E-state index contributed by atoms with van der Waals surface area (Å²) in [5.74, 6) is 0.441. The molecule has 6 nitrogen and oxygen atoms in total. The van der Waals surface area contributed by atoms with Gasteiger partial charge in [0.2, 0.25) is 0 Å². The molecule has 1 atom stereocenters. The summed E-state index contributed by atoms with van der Waals surface area (Å²) in [4.78, 5) is 16.5. The van der Waals surface area contributed by atoms with E-state index >= 15 is 0 Å². The fourth-order valence-electron chi connectivity index (χ4n) is 1.95. The summed E-state index contributed by atoms with van der Waals surface area (Å²) in [5, 5.41) is 9.55. The minimum absolute atomic E-state index is 0.00437. The minimum atomic E-state index is -0.138. The molecule has 0 spiro atoms. The molecule has 0 unspecified atom stereocenters. The molecule has 2 rings (SSSR count). The van der Waals surface area contributed by atoms with Crippen LogP contribution in [0.15, 0.2) is 30.6 Å². The van der Waals surface area contributed by atoms with Crippen molar-refractivity contribution in [1.82, 2.24) is 20.5 Å². The second-order valence-corrected chi connectivity index (χ2v) is 4.41. The Kier molecular flexibility index (Phi) is 4.84. The van der Waals surface area contributed by atoms with Crippen LogP contribution in [-0.4, -0.2) is 40.8 Å². The molecule has 2 N–H and O–H groups in total. The number of methoxy groups -OCH3 is 1. The molecule has 1 heterocycles. The molecule has 20 heavy (non-hydrogen) atoms. The third-order valence-corrected chi connectivity index (χ3v) is 3.04. The summed E-state index contributed by atoms with van der Waals surface area (Å²) >= 11 is 0. The van der Waals surface area contributed by atoms with Crippen LogP contribution in [0.3, 0.4) is 0 Å². The number of hydrogen-bond acceptors (Lipinski definition) is 4. The Morgan fingerprint density at radius 3 is 2.90 bits per heavy atom. The van der Waals surface area contributed by atoms with Crippen LogP contribution < -0.4 is 5.32 Å². The summed E-state index contributed by atoms with van der Waals surface area (Å²) in [6.45, 7) is 2.50. The Balaban J connectivity index is 2.22. The zero-order valence-corrected chi connectivity index (χ0v) is 11.6. The van der Waals surface area contributed by atoms with Crippen LogP contribution in [0, 0.1) is 0 Å². The molecule has 0 saturated carbocycles. The normalized spacial score (nSPS) is 12.1. The van der Waals surface area contributed by atoms with E-state index in [0.717, 1.165) is 12.0 Å². The Morgan fingerprint density at radius 1 is 1.45 bits per heavy atom. The number of rotatable bonds is 6. The lowest BCUT2D eigenvalue weighted by atomic mass is 10.1. The predicted molar refractivity (Wildman–Crippen MR) is 75.2 cm³/mol. The molecular weight excluding hydrogens is 256 g/mol. The number of aromatic amines is 1. The third-order valence-electron chi connectivity index (χ3n) is 3.04. The van der Waals surface area contributed by atoms with Crippen molar-refractivity contribution in [3.05, 3.63) is 36.2 Å². The van der Waals surface area contributed by atoms with E-state index < -0.39 is 0 Å². The zero-order valence-electron chi connectivity index (χ0n) is 11.6. The molecule has 1 aromatic carbocycles. The smallest absolute Gasteiger partial charge is 0.252 e. The number of aromatic nitrogens is 3. The first-order valence-corrected chi connectivity index (χ1v) is 6.50. The molecule has 0 aliphatic carbocycles. The van der Waals surface area contributed by atoms with Crippen LogP contribution in [0.1, 0.15) is 23.7 Å². The van der Waals surface area contributed by atoms with E-state index in [1.54, 1.807) is 13.2 Å². The summed E-state index contributed by atoms with van der Waals surface area (Å²) in [7, 11) is 1.62. The molecule has 6 heteroatoms. The van der Waals surface area contributed by atoms with E-state index in [2.05, 4.69) is 20.5 Å². The van der Waals surface area contributed by atoms with Gasteiger partial charge in [0.25, 0.3) is 5.91 Å². The van der Waals surface area contributed by atoms with Gasteiger partial charge in [0.15, 0.2) is 5.82 Å². The first-order chi connectivity index (χ1) is 9.76. The second kappa shape index (κ2) is 6.81. The van der Waals surface area contributed by atoms with Crippen molar-refractivity contribution in [3.8, 4) is 11.4 Å². The fraction of sp³-hybridized carbons (Fsp3) is 0.357. The Labute approximate surface area is 117 Å². The SMILES string of the molecule is CC[C@H](COC)NC(=O)c1ccccc1-c1ncn[nH]1. The third kappa shape index (κ3) is 3.21. The Bertz CT molecular complexity index is 554. The van der Waals surface area contributed by atoms with Crippen LogP contribution in [0.5, 0.6) is 0 Å². The fourth-order valence-corrected chi connectivity index (χ4v) is 1.95. The number of ether oxygens (including phenoxy) is 1. The number of nitrogens with zero attached hydrogens (tertiary/aromatic N) is 2. The van der Waals surface area contributed by atoms with Gasteiger partial charge in [-0.2, -0.15) is 5.10 Å². The number of carbonyl (C=O) groups excluding carboxylic acids is 1. The van der Waals surface area contributed by atoms with E-state index in [1.165, 1.54) is 6.33 Å². The Hall–Kier alpha value is -2.21. The van der Waals surface area contributed by atoms with Crippen LogP contribution >= 0.6 is 0 Å². The second-order valence-electron chi connectivity index (χ2n) is 4.41. The highest BCUT2D eigenvalue weighted by Crippen LogP contribution is 2.19. The van der Waals surface area contributed by atoms with Crippen LogP contribution in [0.4, 0.5) is 0 Å². The molecule has 0 fully saturated rings. The van der Waals surface area contributed by atoms with Crippen molar-refractivity contribution >= 4 is 5.91 Å². The van der Waals surface area contributed by atoms with Gasteiger partial charge in [-0.3, -0.25) is 9.89 Å². The zero-order chi connectivity index (χ0) is 14.4. The van der Waals surface area contributed by atoms with Gasteiger partial charge in [0.05, 0.1) is 18.2 Å². The molecule has 0 saturated heterocycles. The van der Waals surface area contributed by atoms with E-state index in [9.17, 15) is 4.79 Å². The lowest BCUT2D eigenvalue weighted by Gasteiger charge is -2.16. The van der Waals surface area contributed by atoms with Crippen molar-refractivity contribution in [2.24, 2.45) is 0 Å². The van der Waals surface area contributed by atoms with Crippen LogP contribution in [0.2, 0.25) is 0 Å². The standard InChI is InChI=1S/C14H18N4O2/c1-3-10(8-20-2)17-14(19)12-7-5-4-6-11(12)13-15-9-16-18-13/h4-7,9-10H,3,8H2,1-2H3,(H,17,19)(H,15,16,18)/t10-/m1/s1. The van der Waals surface area contributed by atoms with E-state index in [-0.39, 0.29) is 11.9 Å². The van der Waals surface area contributed by atoms with Gasteiger partial charge in [-0.15, -0.1) is 0 Å². The molecule has 0 radical (unpaired) electrons. The highest BCUT2D eigenvalue weighted by Gasteiger charge is 2.16. The average Bonchev–Trinajstić information content (AvgIpc) is 3.00. The quantitative estimate of drug-likeness (QED) is 0.839. The van der Waals surface area contributed by atoms with Crippen molar-refractivity contribution in [2.75, 3.05) is 13.7 Å². The molecule has 1 aromatic heterocycles. The highest BCUT2D eigenvalue weighted by molar-refractivity contribution is 6.00. The summed E-state index contributed by atoms with van der Waals surface area (Å²) in [6.07, 6.45) is 2.23. The highest BCUT2D eigenvalue weighted by atomic mass is 16.5. The topological polar surface area (TPSA) is 79.9 Å². The molecule has 0 aliphatic heterocycles. The summed E-state index contributed by atoms with van der Waals surface area (Å²) < 4.78 is 5.09. The van der Waals surface area contributed by atoms with Crippen molar-refractivity contribution in [1.29, 1.82) is 0 Å². The van der Waals surface area contributed by atoms with Crippen LogP contribution in [-0.2, 0) is 4.74 Å².